The van der Waals surface area contributed by atoms with E-state index >= 15 is 0 Å². The van der Waals surface area contributed by atoms with Gasteiger partial charge in [0.25, 0.3) is 0 Å². The molecule has 0 aliphatic carbocycles. The minimum absolute atomic E-state index is 0.0431. The standard InChI is InChI=1S/C27H31N5O4S3/c1-28-39(34,35)23-6-4-3-5-18(23)17-7-8-21-20(15-17)31-26(37-21)25-19-9-11-30-16-22(19)38-27(25)32-24(33)10-12-29-13-14-36-2/h3-8,15,28-30H,9-14,16H2,1-2H3,(H,32,33). The highest BCUT2D eigenvalue weighted by Crippen LogP contribution is 2.45. The van der Waals surface area contributed by atoms with E-state index in [0.717, 1.165) is 50.9 Å². The van der Waals surface area contributed by atoms with E-state index < -0.39 is 10.0 Å². The van der Waals surface area contributed by atoms with Crippen LogP contribution >= 0.6 is 22.7 Å². The Hall–Kier alpha value is -2.71. The van der Waals surface area contributed by atoms with Crippen LogP contribution in [0, 0.1) is 0 Å². The smallest absolute Gasteiger partial charge is 0.240 e. The highest BCUT2D eigenvalue weighted by Gasteiger charge is 2.25. The summed E-state index contributed by atoms with van der Waals surface area (Å²) in [5, 5.41) is 11.5. The second kappa shape index (κ2) is 12.2. The molecule has 0 atom stereocenters. The van der Waals surface area contributed by atoms with Crippen molar-refractivity contribution in [2.24, 2.45) is 0 Å². The number of aromatic nitrogens is 1. The van der Waals surface area contributed by atoms with E-state index in [9.17, 15) is 13.2 Å². The van der Waals surface area contributed by atoms with Crippen LogP contribution in [0.25, 0.3) is 31.9 Å². The predicted molar refractivity (Wildman–Crippen MR) is 158 cm³/mol. The van der Waals surface area contributed by atoms with Crippen LogP contribution in [0.5, 0.6) is 0 Å². The zero-order chi connectivity index (χ0) is 27.4. The fourth-order valence-corrected chi connectivity index (χ4v) is 7.87. The minimum atomic E-state index is -3.62. The molecule has 1 aliphatic rings. The molecular formula is C27H31N5O4S3. The Kier molecular flexibility index (Phi) is 8.72. The average molecular weight is 586 g/mol. The fourth-order valence-electron chi connectivity index (χ4n) is 4.59. The first-order valence-electron chi connectivity index (χ1n) is 12.7. The van der Waals surface area contributed by atoms with Crippen LogP contribution in [-0.4, -0.2) is 59.7 Å². The Morgan fingerprint density at radius 1 is 1.15 bits per heavy atom. The van der Waals surface area contributed by atoms with Crippen LogP contribution in [0.4, 0.5) is 5.00 Å². The number of fused-ring (bicyclic) bond motifs is 2. The number of amides is 1. The molecule has 12 heteroatoms. The van der Waals surface area contributed by atoms with Crippen molar-refractivity contribution in [2.75, 3.05) is 45.7 Å². The molecule has 0 saturated heterocycles. The summed E-state index contributed by atoms with van der Waals surface area (Å²) in [6.07, 6.45) is 1.23. The molecule has 0 bridgehead atoms. The number of carbonyl (C=O) groups excluding carboxylic acids is 1. The van der Waals surface area contributed by atoms with E-state index in [1.165, 1.54) is 17.5 Å². The van der Waals surface area contributed by atoms with Crippen LogP contribution in [0.3, 0.4) is 0 Å². The van der Waals surface area contributed by atoms with Crippen molar-refractivity contribution < 1.29 is 17.9 Å². The number of thiophene rings is 1. The number of sulfonamides is 1. The Labute approximate surface area is 236 Å². The van der Waals surface area contributed by atoms with E-state index in [2.05, 4.69) is 20.7 Å². The summed E-state index contributed by atoms with van der Waals surface area (Å²) < 4.78 is 33.7. The van der Waals surface area contributed by atoms with Gasteiger partial charge in [-0.1, -0.05) is 24.3 Å². The first-order chi connectivity index (χ1) is 18.9. The molecule has 9 nitrogen and oxygen atoms in total. The first-order valence-corrected chi connectivity index (χ1v) is 15.8. The lowest BCUT2D eigenvalue weighted by atomic mass is 10.0. The Bertz CT molecular complexity index is 1600. The van der Waals surface area contributed by atoms with Crippen molar-refractivity contribution in [1.29, 1.82) is 0 Å². The molecule has 4 N–H and O–H groups in total. The number of benzene rings is 2. The lowest BCUT2D eigenvalue weighted by Crippen LogP contribution is -2.24. The van der Waals surface area contributed by atoms with Crippen LogP contribution in [0.15, 0.2) is 47.4 Å². The number of rotatable bonds is 11. The largest absolute Gasteiger partial charge is 0.383 e. The maximum atomic E-state index is 12.8. The van der Waals surface area contributed by atoms with Crippen molar-refractivity contribution in [3.05, 3.63) is 52.9 Å². The second-order valence-corrected chi connectivity index (χ2v) is 13.1. The number of ether oxygens (including phenoxy) is 1. The van der Waals surface area contributed by atoms with Gasteiger partial charge < -0.3 is 20.7 Å². The van der Waals surface area contributed by atoms with Crippen molar-refractivity contribution in [1.82, 2.24) is 20.3 Å². The molecule has 206 valence electrons. The topological polar surface area (TPSA) is 121 Å². The van der Waals surface area contributed by atoms with Gasteiger partial charge >= 0.3 is 0 Å². The molecule has 0 radical (unpaired) electrons. The van der Waals surface area contributed by atoms with Gasteiger partial charge in [0.05, 0.1) is 21.7 Å². The number of nitrogens with zero attached hydrogens (tertiary/aromatic N) is 1. The quantitative estimate of drug-likeness (QED) is 0.198. The van der Waals surface area contributed by atoms with Gasteiger partial charge in [-0.3, -0.25) is 4.79 Å². The zero-order valence-electron chi connectivity index (χ0n) is 21.8. The third kappa shape index (κ3) is 6.07. The molecular weight excluding hydrogens is 555 g/mol. The van der Waals surface area contributed by atoms with E-state index in [-0.39, 0.29) is 10.8 Å². The zero-order valence-corrected chi connectivity index (χ0v) is 24.2. The maximum Gasteiger partial charge on any atom is 0.240 e. The molecule has 4 aromatic rings. The number of carbonyl (C=O) groups is 1. The van der Waals surface area contributed by atoms with Crippen molar-refractivity contribution in [3.63, 3.8) is 0 Å². The summed E-state index contributed by atoms with van der Waals surface area (Å²) in [6.45, 7) is 3.53. The van der Waals surface area contributed by atoms with Crippen molar-refractivity contribution in [2.45, 2.75) is 24.3 Å². The highest BCUT2D eigenvalue weighted by atomic mass is 32.2. The predicted octanol–water partition coefficient (Wildman–Crippen LogP) is 3.81. The second-order valence-electron chi connectivity index (χ2n) is 9.08. The Morgan fingerprint density at radius 3 is 2.82 bits per heavy atom. The van der Waals surface area contributed by atoms with Gasteiger partial charge in [-0.2, -0.15) is 0 Å². The number of thiazole rings is 1. The normalized spacial score (nSPS) is 13.5. The summed E-state index contributed by atoms with van der Waals surface area (Å²) in [4.78, 5) is 19.2. The molecule has 3 heterocycles. The highest BCUT2D eigenvalue weighted by molar-refractivity contribution is 7.89. The number of anilines is 1. The lowest BCUT2D eigenvalue weighted by molar-refractivity contribution is -0.116. The molecule has 0 unspecified atom stereocenters. The molecule has 0 fully saturated rings. The summed E-state index contributed by atoms with van der Waals surface area (Å²) in [6, 6.07) is 12.8. The third-order valence-electron chi connectivity index (χ3n) is 6.55. The summed E-state index contributed by atoms with van der Waals surface area (Å²) >= 11 is 3.19. The number of methoxy groups -OCH3 is 1. The Balaban J connectivity index is 1.48. The van der Waals surface area contributed by atoms with Gasteiger partial charge in [0.2, 0.25) is 15.9 Å². The number of hydrogen-bond donors (Lipinski definition) is 4. The van der Waals surface area contributed by atoms with Gasteiger partial charge in [-0.05, 0) is 49.3 Å². The van der Waals surface area contributed by atoms with Gasteiger partial charge in [0.1, 0.15) is 10.0 Å². The van der Waals surface area contributed by atoms with Gasteiger partial charge in [0.15, 0.2) is 0 Å². The molecule has 2 aromatic carbocycles. The van der Waals surface area contributed by atoms with Gasteiger partial charge in [-0.15, -0.1) is 22.7 Å². The van der Waals surface area contributed by atoms with Crippen LogP contribution in [0.1, 0.15) is 16.9 Å². The lowest BCUT2D eigenvalue weighted by Gasteiger charge is -2.13. The molecule has 2 aromatic heterocycles. The third-order valence-corrected chi connectivity index (χ3v) is 10.2. The summed E-state index contributed by atoms with van der Waals surface area (Å²) in [5.74, 6) is -0.0431. The molecule has 5 rings (SSSR count). The van der Waals surface area contributed by atoms with E-state index in [0.29, 0.717) is 31.7 Å². The summed E-state index contributed by atoms with van der Waals surface area (Å²) in [7, 11) is -0.561. The average Bonchev–Trinajstić information content (AvgIpc) is 3.53. The van der Waals surface area contributed by atoms with E-state index in [4.69, 9.17) is 9.72 Å². The minimum Gasteiger partial charge on any atom is -0.383 e. The van der Waals surface area contributed by atoms with Gasteiger partial charge in [0, 0.05) is 49.2 Å². The molecule has 1 amide bonds. The molecule has 1 aliphatic heterocycles. The molecule has 0 spiro atoms. The molecule has 39 heavy (non-hydrogen) atoms. The van der Waals surface area contributed by atoms with E-state index in [1.807, 2.05) is 24.3 Å². The first kappa shape index (κ1) is 27.8. The van der Waals surface area contributed by atoms with Crippen LogP contribution < -0.4 is 20.7 Å². The summed E-state index contributed by atoms with van der Waals surface area (Å²) in [5.41, 5.74) is 4.42. The monoisotopic (exact) mass is 585 g/mol. The SMILES string of the molecule is CNS(=O)(=O)c1ccccc1-c1ccc2sc(-c3c(NC(=O)CCNCCOC)sc4c3CCNC4)nc2c1. The molecule has 0 saturated carbocycles. The maximum absolute atomic E-state index is 12.8. The van der Waals surface area contributed by atoms with Crippen LogP contribution in [0.2, 0.25) is 0 Å². The number of nitrogens with one attached hydrogen (secondary N) is 4. The number of hydrogen-bond acceptors (Lipinski definition) is 9. The van der Waals surface area contributed by atoms with E-state index in [1.54, 1.807) is 48.0 Å². The van der Waals surface area contributed by atoms with Gasteiger partial charge in [-0.25, -0.2) is 18.1 Å². The van der Waals surface area contributed by atoms with Crippen molar-refractivity contribution in [3.8, 4) is 21.7 Å². The van der Waals surface area contributed by atoms with Crippen LogP contribution in [-0.2, 0) is 32.5 Å². The van der Waals surface area contributed by atoms with Crippen molar-refractivity contribution >= 4 is 53.8 Å². The fraction of sp³-hybridized carbons (Fsp3) is 0.333. The Morgan fingerprint density at radius 2 is 2.00 bits per heavy atom.